The van der Waals surface area contributed by atoms with E-state index in [1.807, 2.05) is 85.8 Å². The Morgan fingerprint density at radius 1 is 0.891 bits per heavy atom. The molecule has 7 rings (SSSR count). The van der Waals surface area contributed by atoms with Gasteiger partial charge in [0.2, 0.25) is 0 Å². The third kappa shape index (κ3) is 8.73. The Hall–Kier alpha value is -6.34. The van der Waals surface area contributed by atoms with Gasteiger partial charge in [0.05, 0.1) is 35.6 Å². The lowest BCUT2D eigenvalue weighted by atomic mass is 9.92. The van der Waals surface area contributed by atoms with Gasteiger partial charge < -0.3 is 25.0 Å². The number of anilines is 4. The highest BCUT2D eigenvalue weighted by molar-refractivity contribution is 6.07. The molecular weight excluding hydrogens is 695 g/mol. The first-order valence-corrected chi connectivity index (χ1v) is 18.3. The van der Waals surface area contributed by atoms with Crippen LogP contribution in [0.15, 0.2) is 97.5 Å². The number of likely N-dealkylation sites (tertiary alicyclic amines) is 1. The Morgan fingerprint density at radius 2 is 1.69 bits per heavy atom. The number of nitrogens with zero attached hydrogens (tertiary/aromatic N) is 6. The van der Waals surface area contributed by atoms with E-state index in [9.17, 15) is 9.59 Å². The van der Waals surface area contributed by atoms with Gasteiger partial charge in [0.15, 0.2) is 0 Å². The highest BCUT2D eigenvalue weighted by atomic mass is 16.5. The van der Waals surface area contributed by atoms with Crippen molar-refractivity contribution in [3.63, 3.8) is 0 Å². The lowest BCUT2D eigenvalue weighted by molar-refractivity contribution is 0.0265. The minimum atomic E-state index is -0.391. The fraction of sp³-hybridized carbons (Fsp3) is 0.286. The van der Waals surface area contributed by atoms with Gasteiger partial charge in [-0.2, -0.15) is 5.10 Å². The summed E-state index contributed by atoms with van der Waals surface area (Å²) in [4.78, 5) is 41.4. The Balaban J connectivity index is 1.01. The topological polar surface area (TPSA) is 148 Å². The lowest BCUT2D eigenvalue weighted by Crippen LogP contribution is -2.43. The predicted octanol–water partition coefficient (Wildman–Crippen LogP) is 8.03. The number of fused-ring (bicyclic) bond motifs is 1. The number of rotatable bonds is 10. The molecule has 0 unspecified atom stereocenters. The Morgan fingerprint density at radius 3 is 2.44 bits per heavy atom. The Kier molecular flexibility index (Phi) is 10.7. The van der Waals surface area contributed by atoms with Crippen molar-refractivity contribution in [1.82, 2.24) is 29.6 Å². The van der Waals surface area contributed by atoms with Crippen molar-refractivity contribution >= 4 is 45.9 Å². The molecule has 282 valence electrons. The number of urea groups is 1. The molecular formula is C42H45N9O4. The largest absolute Gasteiger partial charge is 0.488 e. The van der Waals surface area contributed by atoms with Crippen LogP contribution in [0.25, 0.3) is 16.5 Å². The molecule has 3 aromatic heterocycles. The maximum atomic E-state index is 13.5. The fourth-order valence-corrected chi connectivity index (χ4v) is 6.40. The zero-order valence-corrected chi connectivity index (χ0v) is 31.7. The predicted molar refractivity (Wildman–Crippen MR) is 213 cm³/mol. The number of amides is 3. The van der Waals surface area contributed by atoms with Gasteiger partial charge in [-0.25, -0.2) is 24.4 Å². The number of aryl methyl sites for hydroxylation is 1. The molecule has 1 aliphatic rings. The smallest absolute Gasteiger partial charge is 0.324 e. The van der Waals surface area contributed by atoms with Crippen LogP contribution < -0.4 is 20.7 Å². The molecule has 0 saturated carbocycles. The number of hydrogen-bond acceptors (Lipinski definition) is 9. The van der Waals surface area contributed by atoms with Crippen molar-refractivity contribution in [2.24, 2.45) is 0 Å². The highest BCUT2D eigenvalue weighted by Crippen LogP contribution is 2.33. The summed E-state index contributed by atoms with van der Waals surface area (Å²) in [7, 11) is 1.67. The second kappa shape index (κ2) is 15.9. The van der Waals surface area contributed by atoms with Crippen LogP contribution in [-0.2, 0) is 16.8 Å². The molecule has 0 bridgehead atoms. The number of carbonyl (C=O) groups excluding carboxylic acids is 2. The first-order chi connectivity index (χ1) is 26.5. The zero-order valence-electron chi connectivity index (χ0n) is 31.7. The zero-order chi connectivity index (χ0) is 38.5. The summed E-state index contributed by atoms with van der Waals surface area (Å²) in [5.41, 5.74) is 4.43. The van der Waals surface area contributed by atoms with Gasteiger partial charge in [-0.05, 0) is 61.7 Å². The normalized spacial score (nSPS) is 14.4. The molecule has 13 nitrogen and oxygen atoms in total. The molecule has 0 aliphatic carbocycles. The number of ether oxygens (including phenoxy) is 2. The molecule has 6 aromatic rings. The van der Waals surface area contributed by atoms with Gasteiger partial charge in [-0.3, -0.25) is 10.1 Å². The van der Waals surface area contributed by atoms with Crippen LogP contribution in [0, 0.1) is 6.92 Å². The van der Waals surface area contributed by atoms with Gasteiger partial charge in [0.25, 0.3) is 5.91 Å². The molecule has 1 atom stereocenters. The molecule has 13 heteroatoms. The van der Waals surface area contributed by atoms with Crippen molar-refractivity contribution < 1.29 is 19.1 Å². The molecule has 0 radical (unpaired) electrons. The monoisotopic (exact) mass is 739 g/mol. The van der Waals surface area contributed by atoms with E-state index in [-0.39, 0.29) is 29.7 Å². The maximum Gasteiger partial charge on any atom is 0.324 e. The molecule has 3 N–H and O–H groups in total. The molecule has 4 heterocycles. The van der Waals surface area contributed by atoms with Gasteiger partial charge in [0.1, 0.15) is 35.5 Å². The van der Waals surface area contributed by atoms with E-state index in [4.69, 9.17) is 14.6 Å². The van der Waals surface area contributed by atoms with Crippen molar-refractivity contribution in [3.8, 4) is 11.4 Å². The minimum Gasteiger partial charge on any atom is -0.488 e. The van der Waals surface area contributed by atoms with E-state index < -0.39 is 6.03 Å². The van der Waals surface area contributed by atoms with E-state index in [1.54, 1.807) is 22.9 Å². The number of nitrogens with one attached hydrogen (secondary N) is 3. The van der Waals surface area contributed by atoms with Crippen molar-refractivity contribution in [3.05, 3.63) is 120 Å². The minimum absolute atomic E-state index is 0.0396. The Bertz CT molecular complexity index is 2300. The number of hydrogen-bond donors (Lipinski definition) is 3. The number of aromatic nitrogens is 5. The number of methoxy groups -OCH3 is 1. The van der Waals surface area contributed by atoms with Gasteiger partial charge >= 0.3 is 6.03 Å². The van der Waals surface area contributed by atoms with Crippen LogP contribution in [0.1, 0.15) is 60.9 Å². The average Bonchev–Trinajstić information content (AvgIpc) is 3.62. The molecule has 55 heavy (non-hydrogen) atoms. The van der Waals surface area contributed by atoms with Crippen LogP contribution in [0.5, 0.6) is 5.75 Å². The molecule has 1 fully saturated rings. The number of pyridine rings is 1. The number of benzene rings is 3. The van der Waals surface area contributed by atoms with Crippen molar-refractivity contribution in [1.29, 1.82) is 0 Å². The van der Waals surface area contributed by atoms with Crippen LogP contribution in [0.4, 0.5) is 27.9 Å². The summed E-state index contributed by atoms with van der Waals surface area (Å²) in [6.45, 7) is 9.80. The second-order valence-electron chi connectivity index (χ2n) is 14.6. The van der Waals surface area contributed by atoms with Gasteiger partial charge in [-0.15, -0.1) is 0 Å². The third-order valence-corrected chi connectivity index (χ3v) is 9.47. The summed E-state index contributed by atoms with van der Waals surface area (Å²) in [5.74, 6) is 2.09. The van der Waals surface area contributed by atoms with E-state index in [0.29, 0.717) is 42.0 Å². The van der Waals surface area contributed by atoms with Crippen LogP contribution in [-0.4, -0.2) is 67.9 Å². The molecule has 1 aliphatic heterocycles. The van der Waals surface area contributed by atoms with E-state index in [2.05, 4.69) is 51.7 Å². The van der Waals surface area contributed by atoms with Gasteiger partial charge in [0, 0.05) is 48.6 Å². The number of piperidine rings is 1. The molecule has 1 saturated heterocycles. The summed E-state index contributed by atoms with van der Waals surface area (Å²) in [6, 6.07) is 24.7. The average molecular weight is 740 g/mol. The van der Waals surface area contributed by atoms with Crippen LogP contribution in [0.3, 0.4) is 0 Å². The van der Waals surface area contributed by atoms with E-state index in [1.165, 1.54) is 12.4 Å². The third-order valence-electron chi connectivity index (χ3n) is 9.47. The van der Waals surface area contributed by atoms with Crippen molar-refractivity contribution in [2.45, 2.75) is 58.7 Å². The van der Waals surface area contributed by atoms with Crippen LogP contribution in [0.2, 0.25) is 0 Å². The summed E-state index contributed by atoms with van der Waals surface area (Å²) >= 11 is 0. The highest BCUT2D eigenvalue weighted by Gasteiger charge is 2.25. The molecule has 3 aromatic carbocycles. The van der Waals surface area contributed by atoms with Crippen molar-refractivity contribution in [2.75, 3.05) is 36.1 Å². The van der Waals surface area contributed by atoms with E-state index >= 15 is 0 Å². The maximum absolute atomic E-state index is 13.5. The molecule has 3 amide bonds. The first kappa shape index (κ1) is 37.0. The quantitative estimate of drug-likeness (QED) is 0.127. The van der Waals surface area contributed by atoms with Crippen LogP contribution >= 0.6 is 0 Å². The summed E-state index contributed by atoms with van der Waals surface area (Å²) < 4.78 is 13.5. The fourth-order valence-electron chi connectivity index (χ4n) is 6.40. The SMILES string of the molecule is CO[C@@H]1CCCN(C(=O)c2cnc(Nc3cc(COc4ccc(NC(=O)Nc5cc(C(C)(C)C)nn5-c5ccc(C)cc5)c5ccccc45)ccn3)cn2)C1. The molecule has 0 spiro atoms. The van der Waals surface area contributed by atoms with E-state index in [0.717, 1.165) is 46.1 Å². The number of carbonyl (C=O) groups is 2. The summed E-state index contributed by atoms with van der Waals surface area (Å²) in [5, 5.41) is 15.7. The standard InChI is InChI=1S/C42H45N9O4/c1-27-12-14-29(15-13-27)51-39(22-36(49-51)42(2,3)4)48-41(53)46-33-16-17-35(32-11-7-6-10-31(32)33)55-26-28-18-19-43-37(21-28)47-38-24-44-34(23-45-38)40(52)50-20-8-9-30(25-50)54-5/h6-7,10-19,21-24,30H,8-9,20,25-26H2,1-5H3,(H,43,45,47)(H2,46,48,53)/t30-/m1/s1. The first-order valence-electron chi connectivity index (χ1n) is 18.3. The lowest BCUT2D eigenvalue weighted by Gasteiger charge is -2.31. The second-order valence-corrected chi connectivity index (χ2v) is 14.6. The van der Waals surface area contributed by atoms with Gasteiger partial charge in [-0.1, -0.05) is 62.7 Å². The Labute approximate surface area is 320 Å². The summed E-state index contributed by atoms with van der Waals surface area (Å²) in [6.07, 6.45) is 6.56.